The highest BCUT2D eigenvalue weighted by atomic mass is 16.3. The van der Waals surface area contributed by atoms with Gasteiger partial charge in [-0.25, -0.2) is 0 Å². The van der Waals surface area contributed by atoms with E-state index in [0.717, 1.165) is 43.9 Å². The van der Waals surface area contributed by atoms with E-state index in [1.807, 2.05) is 12.1 Å². The van der Waals surface area contributed by atoms with Gasteiger partial charge in [-0.05, 0) is 125 Å². The summed E-state index contributed by atoms with van der Waals surface area (Å²) in [6, 6.07) is 57.7. The molecule has 12 rings (SSSR count). The van der Waals surface area contributed by atoms with Crippen molar-refractivity contribution in [2.45, 2.75) is 19.3 Å². The molecule has 11 aromatic rings. The molecule has 2 heteroatoms. The van der Waals surface area contributed by atoms with E-state index in [1.165, 1.54) is 76.8 Å². The lowest BCUT2D eigenvalue weighted by Gasteiger charge is -2.23. The van der Waals surface area contributed by atoms with Crippen LogP contribution in [0.15, 0.2) is 167 Å². The number of fused-ring (bicyclic) bond motifs is 15. The molecule has 248 valence electrons. The Morgan fingerprint density at radius 1 is 0.302 bits per heavy atom. The molecule has 0 amide bonds. The van der Waals surface area contributed by atoms with Gasteiger partial charge in [-0.2, -0.15) is 0 Å². The number of hydrogen-bond donors (Lipinski definition) is 0. The second-order valence-corrected chi connectivity index (χ2v) is 15.3. The van der Waals surface area contributed by atoms with Crippen molar-refractivity contribution < 1.29 is 8.83 Å². The molecule has 2 nitrogen and oxygen atoms in total. The van der Waals surface area contributed by atoms with E-state index in [2.05, 4.69) is 159 Å². The molecule has 0 radical (unpaired) electrons. The van der Waals surface area contributed by atoms with E-state index in [9.17, 15) is 0 Å². The first-order valence-electron chi connectivity index (χ1n) is 18.4. The quantitative estimate of drug-likeness (QED) is 0.170. The lowest BCUT2D eigenvalue weighted by molar-refractivity contribution is 0.661. The van der Waals surface area contributed by atoms with Gasteiger partial charge in [0.1, 0.15) is 22.3 Å². The zero-order valence-electron chi connectivity index (χ0n) is 29.3. The highest BCUT2D eigenvalue weighted by Gasteiger charge is 2.36. The minimum absolute atomic E-state index is 0.157. The van der Waals surface area contributed by atoms with Gasteiger partial charge >= 0.3 is 0 Å². The highest BCUT2D eigenvalue weighted by molar-refractivity contribution is 6.25. The number of rotatable bonds is 2. The van der Waals surface area contributed by atoms with Crippen LogP contribution in [0.1, 0.15) is 25.0 Å². The predicted octanol–water partition coefficient (Wildman–Crippen LogP) is 14.6. The Morgan fingerprint density at radius 2 is 0.698 bits per heavy atom. The second kappa shape index (κ2) is 10.2. The van der Waals surface area contributed by atoms with Gasteiger partial charge in [0.2, 0.25) is 0 Å². The van der Waals surface area contributed by atoms with E-state index in [1.54, 1.807) is 0 Å². The fourth-order valence-corrected chi connectivity index (χ4v) is 9.36. The third kappa shape index (κ3) is 3.98. The lowest BCUT2D eigenvalue weighted by Crippen LogP contribution is -2.15. The van der Waals surface area contributed by atoms with Gasteiger partial charge in [0.25, 0.3) is 0 Å². The molecule has 1 aliphatic carbocycles. The highest BCUT2D eigenvalue weighted by Crippen LogP contribution is 2.51. The van der Waals surface area contributed by atoms with Crippen LogP contribution >= 0.6 is 0 Å². The second-order valence-electron chi connectivity index (χ2n) is 15.3. The van der Waals surface area contributed by atoms with Gasteiger partial charge in [0.15, 0.2) is 0 Å². The molecule has 1 aliphatic rings. The third-order valence-electron chi connectivity index (χ3n) is 12.1. The van der Waals surface area contributed by atoms with Crippen LogP contribution in [0.2, 0.25) is 0 Å². The predicted molar refractivity (Wildman–Crippen MR) is 222 cm³/mol. The zero-order valence-corrected chi connectivity index (χ0v) is 29.3. The van der Waals surface area contributed by atoms with Crippen LogP contribution < -0.4 is 0 Å². The summed E-state index contributed by atoms with van der Waals surface area (Å²) in [5.41, 5.74) is 13.6. The van der Waals surface area contributed by atoms with Crippen molar-refractivity contribution >= 4 is 76.2 Å². The first-order valence-corrected chi connectivity index (χ1v) is 18.4. The van der Waals surface area contributed by atoms with Crippen molar-refractivity contribution in [3.05, 3.63) is 169 Å². The largest absolute Gasteiger partial charge is 0.456 e. The lowest BCUT2D eigenvalue weighted by atomic mass is 9.80. The van der Waals surface area contributed by atoms with E-state index < -0.39 is 0 Å². The molecule has 0 bridgehead atoms. The smallest absolute Gasteiger partial charge is 0.136 e. The first-order chi connectivity index (χ1) is 26.0. The number of hydrogen-bond acceptors (Lipinski definition) is 2. The minimum Gasteiger partial charge on any atom is -0.456 e. The Hall–Kier alpha value is -6.64. The van der Waals surface area contributed by atoms with E-state index in [0.29, 0.717) is 0 Å². The summed E-state index contributed by atoms with van der Waals surface area (Å²) in [4.78, 5) is 0. The van der Waals surface area contributed by atoms with Gasteiger partial charge in [-0.1, -0.05) is 123 Å². The van der Waals surface area contributed by atoms with Crippen LogP contribution in [0.4, 0.5) is 0 Å². The van der Waals surface area contributed by atoms with Crippen LogP contribution in [0.3, 0.4) is 0 Å². The third-order valence-corrected chi connectivity index (χ3v) is 12.1. The number of furan rings is 2. The van der Waals surface area contributed by atoms with E-state index >= 15 is 0 Å². The fraction of sp³-hybridized carbons (Fsp3) is 0.0588. The molecule has 0 aliphatic heterocycles. The van der Waals surface area contributed by atoms with Crippen molar-refractivity contribution in [3.8, 4) is 33.4 Å². The Balaban J connectivity index is 0.951. The SMILES string of the molecule is CC1(C)c2cc(-c3ccc4oc5cc6c(cc5c4c3)oc3ccccc36)ccc2-c2ccc(-c3ccc4c5ccccc5c5ccccc5c4c3)cc21. The molecule has 9 aromatic carbocycles. The molecular formula is C51H32O2. The molecular weight excluding hydrogens is 645 g/mol. The number of para-hydroxylation sites is 1. The summed E-state index contributed by atoms with van der Waals surface area (Å²) < 4.78 is 12.6. The van der Waals surface area contributed by atoms with E-state index in [4.69, 9.17) is 8.83 Å². The van der Waals surface area contributed by atoms with Gasteiger partial charge in [-0.3, -0.25) is 0 Å². The monoisotopic (exact) mass is 676 g/mol. The summed E-state index contributed by atoms with van der Waals surface area (Å²) >= 11 is 0. The van der Waals surface area contributed by atoms with Crippen LogP contribution in [0.25, 0.3) is 110 Å². The van der Waals surface area contributed by atoms with Crippen molar-refractivity contribution in [2.24, 2.45) is 0 Å². The topological polar surface area (TPSA) is 26.3 Å². The van der Waals surface area contributed by atoms with Gasteiger partial charge in [0, 0.05) is 27.0 Å². The maximum atomic E-state index is 6.39. The molecule has 53 heavy (non-hydrogen) atoms. The molecule has 0 saturated heterocycles. The summed E-state index contributed by atoms with van der Waals surface area (Å²) in [7, 11) is 0. The number of benzene rings is 9. The Bertz CT molecular complexity index is 3330. The molecule has 0 atom stereocenters. The molecule has 0 fully saturated rings. The molecule has 0 spiro atoms. The minimum atomic E-state index is -0.157. The van der Waals surface area contributed by atoms with Crippen molar-refractivity contribution in [3.63, 3.8) is 0 Å². The maximum absolute atomic E-state index is 6.39. The standard InChI is InChI=1S/C51H32O2/c1-51(2)45-25-31(29-15-19-37-35-11-4-3-9-33(35)34-10-5-6-12-36(34)41(37)23-29)16-20-38(45)39-21-17-32(26-46(39)51)30-18-22-48-42(24-30)44-28-49-43(27-50(44)53-48)40-13-7-8-14-47(40)52-49/h3-28H,1-2H3. The Morgan fingerprint density at radius 3 is 1.30 bits per heavy atom. The fourth-order valence-electron chi connectivity index (χ4n) is 9.36. The van der Waals surface area contributed by atoms with Gasteiger partial charge in [-0.15, -0.1) is 0 Å². The van der Waals surface area contributed by atoms with Gasteiger partial charge in [0.05, 0.1) is 0 Å². The molecule has 2 aromatic heterocycles. The average Bonchev–Trinajstić information content (AvgIpc) is 3.83. The summed E-state index contributed by atoms with van der Waals surface area (Å²) in [6.45, 7) is 4.74. The van der Waals surface area contributed by atoms with Crippen molar-refractivity contribution in [1.29, 1.82) is 0 Å². The molecule has 2 heterocycles. The van der Waals surface area contributed by atoms with Crippen molar-refractivity contribution in [2.75, 3.05) is 0 Å². The van der Waals surface area contributed by atoms with Gasteiger partial charge < -0.3 is 8.83 Å². The summed E-state index contributed by atoms with van der Waals surface area (Å²) in [5.74, 6) is 0. The average molecular weight is 677 g/mol. The van der Waals surface area contributed by atoms with Crippen LogP contribution in [0, 0.1) is 0 Å². The molecule has 0 saturated carbocycles. The van der Waals surface area contributed by atoms with Crippen LogP contribution in [-0.4, -0.2) is 0 Å². The zero-order chi connectivity index (χ0) is 35.0. The molecule has 0 unspecified atom stereocenters. The Kier molecular flexibility index (Phi) is 5.60. The van der Waals surface area contributed by atoms with Crippen LogP contribution in [-0.2, 0) is 5.41 Å². The Labute approximate surface area is 305 Å². The van der Waals surface area contributed by atoms with E-state index in [-0.39, 0.29) is 5.41 Å². The maximum Gasteiger partial charge on any atom is 0.136 e. The summed E-state index contributed by atoms with van der Waals surface area (Å²) in [5, 5.41) is 12.2. The normalized spacial score (nSPS) is 13.6. The molecule has 0 N–H and O–H groups in total. The van der Waals surface area contributed by atoms with Crippen LogP contribution in [0.5, 0.6) is 0 Å². The first kappa shape index (κ1) is 29.0. The summed E-state index contributed by atoms with van der Waals surface area (Å²) in [6.07, 6.45) is 0. The van der Waals surface area contributed by atoms with Crippen molar-refractivity contribution in [1.82, 2.24) is 0 Å².